The van der Waals surface area contributed by atoms with Crippen molar-refractivity contribution in [2.24, 2.45) is 0 Å². The van der Waals surface area contributed by atoms with Crippen molar-refractivity contribution in [2.45, 2.75) is 13.0 Å². The molecular formula is C20H16OS. The minimum absolute atomic E-state index is 0.101. The number of thiophene rings is 1. The first-order valence-electron chi connectivity index (χ1n) is 7.43. The molecule has 0 radical (unpaired) electrons. The van der Waals surface area contributed by atoms with Crippen LogP contribution in [0.25, 0.3) is 20.9 Å². The van der Waals surface area contributed by atoms with E-state index in [1.165, 1.54) is 31.3 Å². The van der Waals surface area contributed by atoms with Gasteiger partial charge in [0.05, 0.1) is 6.61 Å². The summed E-state index contributed by atoms with van der Waals surface area (Å²) in [6, 6.07) is 23.3. The summed E-state index contributed by atoms with van der Waals surface area (Å²) in [5, 5.41) is 13.4. The Kier molecular flexibility index (Phi) is 3.41. The maximum atomic E-state index is 9.48. The molecule has 1 aromatic heterocycles. The predicted molar refractivity (Wildman–Crippen MR) is 94.5 cm³/mol. The van der Waals surface area contributed by atoms with Crippen LogP contribution in [0.3, 0.4) is 0 Å². The van der Waals surface area contributed by atoms with E-state index in [0.717, 1.165) is 12.0 Å². The van der Waals surface area contributed by atoms with Crippen LogP contribution in [0.5, 0.6) is 0 Å². The Balaban J connectivity index is 1.81. The zero-order chi connectivity index (χ0) is 14.9. The van der Waals surface area contributed by atoms with Crippen molar-refractivity contribution in [1.82, 2.24) is 0 Å². The first kappa shape index (κ1) is 13.5. The highest BCUT2D eigenvalue weighted by atomic mass is 32.1. The van der Waals surface area contributed by atoms with Gasteiger partial charge in [0.2, 0.25) is 0 Å². The lowest BCUT2D eigenvalue weighted by atomic mass is 10.0. The molecule has 22 heavy (non-hydrogen) atoms. The number of hydrogen-bond donors (Lipinski definition) is 1. The Morgan fingerprint density at radius 2 is 1.50 bits per heavy atom. The second kappa shape index (κ2) is 5.56. The van der Waals surface area contributed by atoms with Gasteiger partial charge in [-0.2, -0.15) is 0 Å². The number of aliphatic hydroxyl groups is 1. The molecule has 0 aliphatic rings. The summed E-state index contributed by atoms with van der Waals surface area (Å²) in [4.78, 5) is 1.34. The summed E-state index contributed by atoms with van der Waals surface area (Å²) in [5.74, 6) is 0. The van der Waals surface area contributed by atoms with E-state index >= 15 is 0 Å². The van der Waals surface area contributed by atoms with E-state index in [9.17, 15) is 5.11 Å². The van der Waals surface area contributed by atoms with Gasteiger partial charge in [-0.05, 0) is 33.4 Å². The Hall–Kier alpha value is -2.16. The van der Waals surface area contributed by atoms with Crippen LogP contribution in [0.4, 0.5) is 0 Å². The summed E-state index contributed by atoms with van der Waals surface area (Å²) in [7, 11) is 0. The monoisotopic (exact) mass is 304 g/mol. The van der Waals surface area contributed by atoms with E-state index in [4.69, 9.17) is 0 Å². The van der Waals surface area contributed by atoms with E-state index in [1.54, 1.807) is 0 Å². The Morgan fingerprint density at radius 1 is 0.773 bits per heavy atom. The SMILES string of the molecule is OCc1ccccc1Cc1cc2ccc3ccccc3c2s1. The van der Waals surface area contributed by atoms with Gasteiger partial charge in [-0.25, -0.2) is 0 Å². The van der Waals surface area contributed by atoms with Gasteiger partial charge in [0.25, 0.3) is 0 Å². The van der Waals surface area contributed by atoms with E-state index in [2.05, 4.69) is 48.5 Å². The maximum Gasteiger partial charge on any atom is 0.0684 e. The van der Waals surface area contributed by atoms with Gasteiger partial charge in [-0.1, -0.05) is 60.7 Å². The molecule has 1 N–H and O–H groups in total. The zero-order valence-corrected chi connectivity index (χ0v) is 12.9. The molecule has 0 saturated carbocycles. The molecule has 4 aromatic rings. The molecule has 0 atom stereocenters. The molecular weight excluding hydrogens is 288 g/mol. The van der Waals surface area contributed by atoms with Crippen molar-refractivity contribution in [2.75, 3.05) is 0 Å². The second-order valence-corrected chi connectivity index (χ2v) is 6.66. The summed E-state index contributed by atoms with van der Waals surface area (Å²) in [6.07, 6.45) is 0.879. The summed E-state index contributed by atoms with van der Waals surface area (Å²) < 4.78 is 1.36. The quantitative estimate of drug-likeness (QED) is 0.556. The molecule has 3 aromatic carbocycles. The molecule has 108 valence electrons. The topological polar surface area (TPSA) is 20.2 Å². The standard InChI is InChI=1S/C20H16OS/c21-13-17-7-2-1-6-15(17)11-18-12-16-10-9-14-5-3-4-8-19(14)20(16)22-18/h1-10,12,21H,11,13H2. The van der Waals surface area contributed by atoms with Gasteiger partial charge in [0.15, 0.2) is 0 Å². The van der Waals surface area contributed by atoms with Crippen LogP contribution >= 0.6 is 11.3 Å². The second-order valence-electron chi connectivity index (χ2n) is 5.52. The lowest BCUT2D eigenvalue weighted by molar-refractivity contribution is 0.281. The fraction of sp³-hybridized carbons (Fsp3) is 0.100. The van der Waals surface area contributed by atoms with Gasteiger partial charge >= 0.3 is 0 Å². The molecule has 0 spiro atoms. The van der Waals surface area contributed by atoms with Crippen LogP contribution in [0.15, 0.2) is 66.7 Å². The minimum atomic E-state index is 0.101. The normalized spacial score (nSPS) is 11.3. The molecule has 4 rings (SSSR count). The van der Waals surface area contributed by atoms with Crippen molar-refractivity contribution in [3.8, 4) is 0 Å². The molecule has 2 heteroatoms. The van der Waals surface area contributed by atoms with Gasteiger partial charge < -0.3 is 5.11 Å². The number of benzene rings is 3. The van der Waals surface area contributed by atoms with Gasteiger partial charge in [-0.15, -0.1) is 11.3 Å². The van der Waals surface area contributed by atoms with E-state index in [0.29, 0.717) is 0 Å². The molecule has 0 aliphatic carbocycles. The van der Waals surface area contributed by atoms with E-state index < -0.39 is 0 Å². The van der Waals surface area contributed by atoms with Crippen molar-refractivity contribution in [3.05, 3.63) is 82.7 Å². The molecule has 0 amide bonds. The fourth-order valence-corrected chi connectivity index (χ4v) is 4.20. The minimum Gasteiger partial charge on any atom is -0.392 e. The molecule has 0 aliphatic heterocycles. The summed E-state index contributed by atoms with van der Waals surface area (Å²) >= 11 is 1.86. The van der Waals surface area contributed by atoms with Crippen LogP contribution < -0.4 is 0 Å². The highest BCUT2D eigenvalue weighted by molar-refractivity contribution is 7.20. The summed E-state index contributed by atoms with van der Waals surface area (Å²) in [6.45, 7) is 0.101. The maximum absolute atomic E-state index is 9.48. The first-order valence-corrected chi connectivity index (χ1v) is 8.24. The van der Waals surface area contributed by atoms with Crippen LogP contribution in [0.1, 0.15) is 16.0 Å². The lowest BCUT2D eigenvalue weighted by Crippen LogP contribution is -1.93. The third-order valence-electron chi connectivity index (χ3n) is 4.11. The smallest absolute Gasteiger partial charge is 0.0684 e. The third kappa shape index (κ3) is 2.31. The van der Waals surface area contributed by atoms with Gasteiger partial charge in [0.1, 0.15) is 0 Å². The average molecular weight is 304 g/mol. The molecule has 0 bridgehead atoms. The predicted octanol–water partition coefficient (Wildman–Crippen LogP) is 5.14. The Morgan fingerprint density at radius 3 is 2.36 bits per heavy atom. The van der Waals surface area contributed by atoms with E-state index in [1.807, 2.05) is 29.5 Å². The number of fused-ring (bicyclic) bond motifs is 3. The largest absolute Gasteiger partial charge is 0.392 e. The van der Waals surface area contributed by atoms with Gasteiger partial charge in [0, 0.05) is 16.0 Å². The Bertz CT molecular complexity index is 952. The molecule has 1 nitrogen and oxygen atoms in total. The van der Waals surface area contributed by atoms with Crippen molar-refractivity contribution < 1.29 is 5.11 Å². The molecule has 0 saturated heterocycles. The van der Waals surface area contributed by atoms with Crippen LogP contribution in [0.2, 0.25) is 0 Å². The van der Waals surface area contributed by atoms with Crippen molar-refractivity contribution in [3.63, 3.8) is 0 Å². The first-order chi connectivity index (χ1) is 10.8. The fourth-order valence-electron chi connectivity index (χ4n) is 2.98. The number of aliphatic hydroxyl groups excluding tert-OH is 1. The highest BCUT2D eigenvalue weighted by Gasteiger charge is 2.08. The Labute approximate surface area is 133 Å². The van der Waals surface area contributed by atoms with E-state index in [-0.39, 0.29) is 6.61 Å². The summed E-state index contributed by atoms with van der Waals surface area (Å²) in [5.41, 5.74) is 2.23. The van der Waals surface area contributed by atoms with Gasteiger partial charge in [-0.3, -0.25) is 0 Å². The molecule has 0 unspecified atom stereocenters. The lowest BCUT2D eigenvalue weighted by Gasteiger charge is -2.05. The van der Waals surface area contributed by atoms with Crippen molar-refractivity contribution >= 4 is 32.2 Å². The van der Waals surface area contributed by atoms with Crippen LogP contribution in [-0.4, -0.2) is 5.11 Å². The van der Waals surface area contributed by atoms with Crippen LogP contribution in [-0.2, 0) is 13.0 Å². The van der Waals surface area contributed by atoms with Crippen LogP contribution in [0, 0.1) is 0 Å². The zero-order valence-electron chi connectivity index (χ0n) is 12.1. The third-order valence-corrected chi connectivity index (χ3v) is 5.30. The molecule has 1 heterocycles. The van der Waals surface area contributed by atoms with Crippen molar-refractivity contribution in [1.29, 1.82) is 0 Å². The molecule has 0 fully saturated rings. The average Bonchev–Trinajstić information content (AvgIpc) is 2.98. The highest BCUT2D eigenvalue weighted by Crippen LogP contribution is 2.33. The number of hydrogen-bond acceptors (Lipinski definition) is 2. The number of rotatable bonds is 3.